The summed E-state index contributed by atoms with van der Waals surface area (Å²) in [6, 6.07) is 0. The predicted molar refractivity (Wildman–Crippen MR) is 77.0 cm³/mol. The second kappa shape index (κ2) is 6.00. The number of H-pyrrole nitrogens is 1. The molecule has 9 heteroatoms. The highest BCUT2D eigenvalue weighted by atomic mass is 32.2. The normalized spacial score (nSPS) is 11.9. The van der Waals surface area contributed by atoms with E-state index in [4.69, 9.17) is 0 Å². The summed E-state index contributed by atoms with van der Waals surface area (Å²) < 4.78 is 27.3. The Kier molecular flexibility index (Phi) is 4.53. The molecule has 0 saturated heterocycles. The van der Waals surface area contributed by atoms with Crippen molar-refractivity contribution < 1.29 is 8.42 Å². The maximum absolute atomic E-state index is 12.4. The topological polar surface area (TPSA) is 99.8 Å². The van der Waals surface area contributed by atoms with Crippen LogP contribution in [-0.4, -0.2) is 30.6 Å². The van der Waals surface area contributed by atoms with Gasteiger partial charge in [0.25, 0.3) is 0 Å². The molecule has 0 atom stereocenters. The number of aromatic nitrogens is 3. The van der Waals surface area contributed by atoms with Crippen LogP contribution in [-0.2, 0) is 23.1 Å². The van der Waals surface area contributed by atoms with Crippen LogP contribution in [0.15, 0.2) is 11.1 Å². The number of nitrogens with zero attached hydrogens (tertiary/aromatic N) is 2. The van der Waals surface area contributed by atoms with Gasteiger partial charge in [0.1, 0.15) is 4.90 Å². The van der Waals surface area contributed by atoms with Gasteiger partial charge < -0.3 is 5.32 Å². The molecule has 0 unspecified atom stereocenters. The Balaban J connectivity index is 2.20. The van der Waals surface area contributed by atoms with Crippen molar-refractivity contribution in [1.29, 1.82) is 0 Å². The third-order valence-electron chi connectivity index (χ3n) is 2.68. The Morgan fingerprint density at radius 1 is 1.35 bits per heavy atom. The molecule has 0 amide bonds. The van der Waals surface area contributed by atoms with Crippen LogP contribution in [0.3, 0.4) is 0 Å². The van der Waals surface area contributed by atoms with Gasteiger partial charge in [0.05, 0.1) is 16.4 Å². The van der Waals surface area contributed by atoms with Gasteiger partial charge in [0.2, 0.25) is 10.0 Å². The number of aromatic amines is 1. The van der Waals surface area contributed by atoms with Crippen LogP contribution >= 0.6 is 11.3 Å². The zero-order valence-corrected chi connectivity index (χ0v) is 13.2. The van der Waals surface area contributed by atoms with Crippen molar-refractivity contribution in [1.82, 2.24) is 25.2 Å². The number of rotatable bonds is 6. The fourth-order valence-corrected chi connectivity index (χ4v) is 4.03. The Labute approximate surface area is 121 Å². The second-order valence-corrected chi connectivity index (χ2v) is 7.35. The van der Waals surface area contributed by atoms with Crippen LogP contribution in [0.2, 0.25) is 0 Å². The van der Waals surface area contributed by atoms with Crippen LogP contribution < -0.4 is 10.0 Å². The van der Waals surface area contributed by atoms with E-state index in [2.05, 4.69) is 25.2 Å². The van der Waals surface area contributed by atoms with Gasteiger partial charge in [0.15, 0.2) is 0 Å². The fourth-order valence-electron chi connectivity index (χ4n) is 1.84. The zero-order valence-electron chi connectivity index (χ0n) is 11.5. The summed E-state index contributed by atoms with van der Waals surface area (Å²) >= 11 is 1.47. The Hall–Kier alpha value is -1.29. The largest absolute Gasteiger partial charge is 0.314 e. The lowest BCUT2D eigenvalue weighted by atomic mass is 10.4. The van der Waals surface area contributed by atoms with Gasteiger partial charge in [-0.3, -0.25) is 5.10 Å². The van der Waals surface area contributed by atoms with Gasteiger partial charge in [-0.2, -0.15) is 5.10 Å². The molecule has 2 heterocycles. The average molecular weight is 315 g/mol. The molecule has 7 nitrogen and oxygen atoms in total. The summed E-state index contributed by atoms with van der Waals surface area (Å²) in [6.45, 7) is 4.20. The van der Waals surface area contributed by atoms with Crippen molar-refractivity contribution in [3.63, 3.8) is 0 Å². The highest BCUT2D eigenvalue weighted by molar-refractivity contribution is 7.89. The molecule has 0 aliphatic rings. The minimum absolute atomic E-state index is 0.216. The molecule has 0 spiro atoms. The predicted octanol–water partition coefficient (Wildman–Crippen LogP) is 0.681. The second-order valence-electron chi connectivity index (χ2n) is 4.32. The molecule has 0 fully saturated rings. The SMILES string of the molecule is CNCc1n[nH]c(C)c1S(=O)(=O)NCc1cnc(C)s1. The molecule has 0 saturated carbocycles. The highest BCUT2D eigenvalue weighted by Gasteiger charge is 2.23. The van der Waals surface area contributed by atoms with E-state index < -0.39 is 10.0 Å². The molecule has 0 aromatic carbocycles. The number of hydrogen-bond donors (Lipinski definition) is 3. The number of nitrogens with one attached hydrogen (secondary N) is 3. The Morgan fingerprint density at radius 3 is 2.70 bits per heavy atom. The maximum atomic E-state index is 12.4. The molecular weight excluding hydrogens is 298 g/mol. The van der Waals surface area contributed by atoms with Gasteiger partial charge in [0, 0.05) is 24.2 Å². The minimum atomic E-state index is -3.59. The smallest absolute Gasteiger partial charge is 0.244 e. The molecule has 110 valence electrons. The van der Waals surface area contributed by atoms with Crippen LogP contribution in [0.4, 0.5) is 0 Å². The standard InChI is InChI=1S/C11H17N5O2S2/c1-7-11(10(6-12-3)16-15-7)20(17,18)14-5-9-4-13-8(2)19-9/h4,12,14H,5-6H2,1-3H3,(H,15,16). The lowest BCUT2D eigenvalue weighted by Crippen LogP contribution is -2.25. The number of sulfonamides is 1. The van der Waals surface area contributed by atoms with Gasteiger partial charge >= 0.3 is 0 Å². The molecule has 2 rings (SSSR count). The van der Waals surface area contributed by atoms with Crippen molar-refractivity contribution in [3.05, 3.63) is 27.5 Å². The lowest BCUT2D eigenvalue weighted by Gasteiger charge is -2.06. The summed E-state index contributed by atoms with van der Waals surface area (Å²) in [5.74, 6) is 0. The zero-order chi connectivity index (χ0) is 14.8. The van der Waals surface area contributed by atoms with Gasteiger partial charge in [-0.15, -0.1) is 11.3 Å². The van der Waals surface area contributed by atoms with Gasteiger partial charge in [-0.25, -0.2) is 18.1 Å². The van der Waals surface area contributed by atoms with Crippen LogP contribution in [0.25, 0.3) is 0 Å². The van der Waals surface area contributed by atoms with Gasteiger partial charge in [-0.1, -0.05) is 0 Å². The van der Waals surface area contributed by atoms with Gasteiger partial charge in [-0.05, 0) is 20.9 Å². The van der Waals surface area contributed by atoms with E-state index in [9.17, 15) is 8.42 Å². The van der Waals surface area contributed by atoms with E-state index in [1.54, 1.807) is 20.2 Å². The first kappa shape index (κ1) is 15.1. The molecule has 2 aromatic rings. The summed E-state index contributed by atoms with van der Waals surface area (Å²) in [6.07, 6.45) is 1.68. The van der Waals surface area contributed by atoms with E-state index in [1.807, 2.05) is 6.92 Å². The monoisotopic (exact) mass is 315 g/mol. The van der Waals surface area contributed by atoms with Crippen molar-refractivity contribution in [2.45, 2.75) is 31.8 Å². The lowest BCUT2D eigenvalue weighted by molar-refractivity contribution is 0.579. The summed E-state index contributed by atoms with van der Waals surface area (Å²) in [5, 5.41) is 10.5. The van der Waals surface area contributed by atoms with Crippen LogP contribution in [0, 0.1) is 13.8 Å². The molecule has 0 aliphatic carbocycles. The van der Waals surface area contributed by atoms with E-state index in [1.165, 1.54) is 11.3 Å². The molecule has 20 heavy (non-hydrogen) atoms. The van der Waals surface area contributed by atoms with Crippen molar-refractivity contribution >= 4 is 21.4 Å². The first-order chi connectivity index (χ1) is 9.44. The molecule has 2 aromatic heterocycles. The van der Waals surface area contributed by atoms with Crippen LogP contribution in [0.5, 0.6) is 0 Å². The van der Waals surface area contributed by atoms with E-state index in [0.717, 1.165) is 9.88 Å². The first-order valence-electron chi connectivity index (χ1n) is 6.03. The fraction of sp³-hybridized carbons (Fsp3) is 0.455. The maximum Gasteiger partial charge on any atom is 0.244 e. The quantitative estimate of drug-likeness (QED) is 0.728. The molecule has 0 bridgehead atoms. The molecule has 3 N–H and O–H groups in total. The van der Waals surface area contributed by atoms with Crippen molar-refractivity contribution in [2.75, 3.05) is 7.05 Å². The highest BCUT2D eigenvalue weighted by Crippen LogP contribution is 2.18. The van der Waals surface area contributed by atoms with E-state index in [-0.39, 0.29) is 11.4 Å². The molecule has 0 radical (unpaired) electrons. The minimum Gasteiger partial charge on any atom is -0.314 e. The van der Waals surface area contributed by atoms with Crippen molar-refractivity contribution in [3.8, 4) is 0 Å². The number of aryl methyl sites for hydroxylation is 2. The first-order valence-corrected chi connectivity index (χ1v) is 8.33. The third kappa shape index (κ3) is 3.23. The number of hydrogen-bond acceptors (Lipinski definition) is 6. The van der Waals surface area contributed by atoms with E-state index >= 15 is 0 Å². The van der Waals surface area contributed by atoms with Crippen LogP contribution in [0.1, 0.15) is 21.3 Å². The van der Waals surface area contributed by atoms with E-state index in [0.29, 0.717) is 17.9 Å². The average Bonchev–Trinajstić information content (AvgIpc) is 2.95. The number of thiazole rings is 1. The molecule has 0 aliphatic heterocycles. The summed E-state index contributed by atoms with van der Waals surface area (Å²) in [4.78, 5) is 5.19. The summed E-state index contributed by atoms with van der Waals surface area (Å²) in [5.41, 5.74) is 1.02. The third-order valence-corrected chi connectivity index (χ3v) is 5.20. The Bertz CT molecular complexity index is 689. The van der Waals surface area contributed by atoms with Crippen molar-refractivity contribution in [2.24, 2.45) is 0 Å². The molecular formula is C11H17N5O2S2. The Morgan fingerprint density at radius 2 is 2.10 bits per heavy atom. The summed E-state index contributed by atoms with van der Waals surface area (Å²) in [7, 11) is -1.85.